The first-order valence-electron chi connectivity index (χ1n) is 4.84. The fraction of sp³-hybridized carbons (Fsp3) is 0.0833. The number of nitrogen functional groups attached to an aromatic ring is 1. The zero-order valence-electron chi connectivity index (χ0n) is 8.56. The number of anilines is 1. The number of rotatable bonds is 3. The molecule has 0 aliphatic carbocycles. The summed E-state index contributed by atoms with van der Waals surface area (Å²) in [6, 6.07) is 9.87. The minimum atomic E-state index is -0.287. The third kappa shape index (κ3) is 2.28. The molecule has 82 valence electrons. The van der Waals surface area contributed by atoms with Crippen molar-refractivity contribution in [3.8, 4) is 5.75 Å². The highest BCUT2D eigenvalue weighted by atomic mass is 19.1. The van der Waals surface area contributed by atoms with Crippen LogP contribution in [0.5, 0.6) is 5.75 Å². The van der Waals surface area contributed by atoms with Gasteiger partial charge in [-0.2, -0.15) is 0 Å². The van der Waals surface area contributed by atoms with Gasteiger partial charge in [-0.3, -0.25) is 0 Å². The number of benzene rings is 1. The number of aromatic nitrogens is 1. The van der Waals surface area contributed by atoms with Crippen LogP contribution in [0, 0.1) is 5.82 Å². The molecular weight excluding hydrogens is 207 g/mol. The van der Waals surface area contributed by atoms with E-state index in [0.29, 0.717) is 17.1 Å². The van der Waals surface area contributed by atoms with Gasteiger partial charge in [0.25, 0.3) is 0 Å². The second kappa shape index (κ2) is 4.61. The summed E-state index contributed by atoms with van der Waals surface area (Å²) in [4.78, 5) is 3.87. The van der Waals surface area contributed by atoms with E-state index in [0.717, 1.165) is 0 Å². The zero-order chi connectivity index (χ0) is 11.4. The number of ether oxygens (including phenoxy) is 1. The van der Waals surface area contributed by atoms with Gasteiger partial charge >= 0.3 is 0 Å². The molecule has 4 heteroatoms. The lowest BCUT2D eigenvalue weighted by atomic mass is 10.2. The van der Waals surface area contributed by atoms with Crippen molar-refractivity contribution in [2.75, 3.05) is 5.73 Å². The van der Waals surface area contributed by atoms with Crippen molar-refractivity contribution in [2.24, 2.45) is 0 Å². The summed E-state index contributed by atoms with van der Waals surface area (Å²) in [5, 5.41) is 0. The molecule has 0 saturated heterocycles. The molecule has 0 spiro atoms. The Morgan fingerprint density at radius 3 is 2.75 bits per heavy atom. The minimum absolute atomic E-state index is 0.141. The first-order valence-corrected chi connectivity index (χ1v) is 4.84. The lowest BCUT2D eigenvalue weighted by Gasteiger charge is -2.08. The van der Waals surface area contributed by atoms with Gasteiger partial charge in [-0.05, 0) is 18.2 Å². The van der Waals surface area contributed by atoms with Gasteiger partial charge in [0.05, 0.1) is 0 Å². The summed E-state index contributed by atoms with van der Waals surface area (Å²) in [5.41, 5.74) is 6.08. The van der Waals surface area contributed by atoms with Crippen LogP contribution < -0.4 is 10.5 Å². The van der Waals surface area contributed by atoms with Gasteiger partial charge in [-0.25, -0.2) is 9.37 Å². The molecule has 0 radical (unpaired) electrons. The van der Waals surface area contributed by atoms with Gasteiger partial charge < -0.3 is 10.5 Å². The topological polar surface area (TPSA) is 48.1 Å². The summed E-state index contributed by atoms with van der Waals surface area (Å²) in [5.74, 6) is 0.481. The Morgan fingerprint density at radius 2 is 2.00 bits per heavy atom. The Hall–Kier alpha value is -2.10. The Bertz CT molecular complexity index is 442. The van der Waals surface area contributed by atoms with Crippen LogP contribution in [0.1, 0.15) is 5.56 Å². The molecule has 1 aromatic heterocycles. The Kier molecular flexibility index (Phi) is 3.00. The lowest BCUT2D eigenvalue weighted by molar-refractivity contribution is 0.300. The molecule has 0 aliphatic rings. The number of hydrogen-bond donors (Lipinski definition) is 1. The van der Waals surface area contributed by atoms with Gasteiger partial charge in [-0.1, -0.05) is 18.2 Å². The molecule has 2 N–H and O–H groups in total. The average molecular weight is 218 g/mol. The summed E-state index contributed by atoms with van der Waals surface area (Å²) in [6.07, 6.45) is 1.57. The van der Waals surface area contributed by atoms with Crippen molar-refractivity contribution in [1.82, 2.24) is 4.98 Å². The first kappa shape index (κ1) is 10.4. The molecule has 2 aromatic rings. The molecule has 0 amide bonds. The molecule has 0 unspecified atom stereocenters. The third-order valence-electron chi connectivity index (χ3n) is 2.14. The van der Waals surface area contributed by atoms with Crippen molar-refractivity contribution in [3.05, 3.63) is 54.0 Å². The quantitative estimate of drug-likeness (QED) is 0.860. The molecule has 0 aliphatic heterocycles. The number of nitrogens with zero attached hydrogens (tertiary/aromatic N) is 1. The van der Waals surface area contributed by atoms with Crippen molar-refractivity contribution in [1.29, 1.82) is 0 Å². The second-order valence-electron chi connectivity index (χ2n) is 3.27. The van der Waals surface area contributed by atoms with Gasteiger partial charge in [0.15, 0.2) is 11.6 Å². The lowest BCUT2D eigenvalue weighted by Crippen LogP contribution is -2.01. The van der Waals surface area contributed by atoms with E-state index in [1.54, 1.807) is 36.5 Å². The van der Waals surface area contributed by atoms with Gasteiger partial charge in [0, 0.05) is 11.8 Å². The van der Waals surface area contributed by atoms with Crippen molar-refractivity contribution >= 4 is 5.82 Å². The smallest absolute Gasteiger partial charge is 0.166 e. The van der Waals surface area contributed by atoms with E-state index < -0.39 is 0 Å². The SMILES string of the molecule is Nc1ncccc1OCc1ccccc1F. The molecule has 0 saturated carbocycles. The molecule has 3 nitrogen and oxygen atoms in total. The summed E-state index contributed by atoms with van der Waals surface area (Å²) >= 11 is 0. The van der Waals surface area contributed by atoms with Crippen molar-refractivity contribution in [3.63, 3.8) is 0 Å². The van der Waals surface area contributed by atoms with Crippen LogP contribution in [-0.4, -0.2) is 4.98 Å². The fourth-order valence-corrected chi connectivity index (χ4v) is 1.30. The van der Waals surface area contributed by atoms with Crippen LogP contribution in [0.3, 0.4) is 0 Å². The minimum Gasteiger partial charge on any atom is -0.485 e. The van der Waals surface area contributed by atoms with E-state index in [2.05, 4.69) is 4.98 Å². The van der Waals surface area contributed by atoms with E-state index >= 15 is 0 Å². The third-order valence-corrected chi connectivity index (χ3v) is 2.14. The number of hydrogen-bond acceptors (Lipinski definition) is 3. The number of halogens is 1. The van der Waals surface area contributed by atoms with Gasteiger partial charge in [-0.15, -0.1) is 0 Å². The maximum Gasteiger partial charge on any atom is 0.166 e. The van der Waals surface area contributed by atoms with Gasteiger partial charge in [0.2, 0.25) is 0 Å². The van der Waals surface area contributed by atoms with Crippen LogP contribution >= 0.6 is 0 Å². The zero-order valence-corrected chi connectivity index (χ0v) is 8.56. The van der Waals surface area contributed by atoms with E-state index in [1.165, 1.54) is 6.07 Å². The molecule has 2 rings (SSSR count). The highest BCUT2D eigenvalue weighted by molar-refractivity contribution is 5.44. The maximum atomic E-state index is 13.3. The van der Waals surface area contributed by atoms with E-state index in [4.69, 9.17) is 10.5 Å². The standard InChI is InChI=1S/C12H11FN2O/c13-10-5-2-1-4-9(10)8-16-11-6-3-7-15-12(11)14/h1-7H,8H2,(H2,14,15). The van der Waals surface area contributed by atoms with Gasteiger partial charge in [0.1, 0.15) is 12.4 Å². The Balaban J connectivity index is 2.09. The van der Waals surface area contributed by atoms with Crippen LogP contribution in [-0.2, 0) is 6.61 Å². The van der Waals surface area contributed by atoms with Crippen molar-refractivity contribution < 1.29 is 9.13 Å². The number of pyridine rings is 1. The molecule has 1 aromatic carbocycles. The molecule has 16 heavy (non-hydrogen) atoms. The average Bonchev–Trinajstić information content (AvgIpc) is 2.30. The monoisotopic (exact) mass is 218 g/mol. The Labute approximate surface area is 92.7 Å². The highest BCUT2D eigenvalue weighted by Gasteiger charge is 2.03. The number of nitrogens with two attached hydrogens (primary N) is 1. The summed E-state index contributed by atoms with van der Waals surface area (Å²) in [7, 11) is 0. The summed E-state index contributed by atoms with van der Waals surface area (Å²) in [6.45, 7) is 0.141. The first-order chi connectivity index (χ1) is 7.77. The predicted molar refractivity (Wildman–Crippen MR) is 59.4 cm³/mol. The molecular formula is C12H11FN2O. The molecule has 0 atom stereocenters. The fourth-order valence-electron chi connectivity index (χ4n) is 1.30. The summed E-state index contributed by atoms with van der Waals surface area (Å²) < 4.78 is 18.6. The van der Waals surface area contributed by atoms with Crippen LogP contribution in [0.4, 0.5) is 10.2 Å². The van der Waals surface area contributed by atoms with E-state index in [-0.39, 0.29) is 12.4 Å². The largest absolute Gasteiger partial charge is 0.485 e. The molecule has 1 heterocycles. The van der Waals surface area contributed by atoms with Crippen LogP contribution in [0.25, 0.3) is 0 Å². The second-order valence-corrected chi connectivity index (χ2v) is 3.27. The highest BCUT2D eigenvalue weighted by Crippen LogP contribution is 2.19. The molecule has 0 bridgehead atoms. The van der Waals surface area contributed by atoms with E-state index in [1.807, 2.05) is 0 Å². The van der Waals surface area contributed by atoms with Crippen molar-refractivity contribution in [2.45, 2.75) is 6.61 Å². The Morgan fingerprint density at radius 1 is 1.19 bits per heavy atom. The molecule has 0 fully saturated rings. The van der Waals surface area contributed by atoms with Crippen LogP contribution in [0.15, 0.2) is 42.6 Å². The van der Waals surface area contributed by atoms with E-state index in [9.17, 15) is 4.39 Å². The maximum absolute atomic E-state index is 13.3. The van der Waals surface area contributed by atoms with Crippen LogP contribution in [0.2, 0.25) is 0 Å². The predicted octanol–water partition coefficient (Wildman–Crippen LogP) is 2.38. The normalized spacial score (nSPS) is 10.1.